The molecule has 5 rings (SSSR count). The van der Waals surface area contributed by atoms with Crippen LogP contribution < -0.4 is 14.7 Å². The van der Waals surface area contributed by atoms with Gasteiger partial charge in [0.1, 0.15) is 29.5 Å². The molecule has 1 spiro atoms. The summed E-state index contributed by atoms with van der Waals surface area (Å²) in [6.45, 7) is 0.617. The predicted octanol–water partition coefficient (Wildman–Crippen LogP) is 3.59. The quantitative estimate of drug-likeness (QED) is 0.379. The lowest BCUT2D eigenvalue weighted by atomic mass is 9.79. The summed E-state index contributed by atoms with van der Waals surface area (Å²) in [5.41, 5.74) is 0.348. The maximum Gasteiger partial charge on any atom is 0.534 e. The lowest BCUT2D eigenvalue weighted by Gasteiger charge is -2.39. The lowest BCUT2D eigenvalue weighted by Crippen LogP contribution is -2.42. The van der Waals surface area contributed by atoms with Gasteiger partial charge in [0, 0.05) is 11.1 Å². The number of hydrogen-bond acceptors (Lipinski definition) is 8. The fourth-order valence-corrected chi connectivity index (χ4v) is 4.69. The Bertz CT molecular complexity index is 1370. The van der Waals surface area contributed by atoms with Crippen molar-refractivity contribution in [3.63, 3.8) is 0 Å². The van der Waals surface area contributed by atoms with Crippen LogP contribution in [0.3, 0.4) is 0 Å². The van der Waals surface area contributed by atoms with E-state index in [1.54, 1.807) is 6.07 Å². The SMILES string of the molecule is NC1=N[C@@]2(COC1)c1cc(OS(=O)(=O)C(F)(F)F)ccc1Oc1c(F)cc(C3=CCCOC3)cc12. The molecule has 3 aliphatic rings. The van der Waals surface area contributed by atoms with Gasteiger partial charge < -0.3 is 24.1 Å². The van der Waals surface area contributed by atoms with Crippen LogP contribution in [0.4, 0.5) is 17.6 Å². The summed E-state index contributed by atoms with van der Waals surface area (Å²) >= 11 is 0. The molecule has 1 atom stereocenters. The van der Waals surface area contributed by atoms with Crippen LogP contribution in [0.2, 0.25) is 0 Å². The number of nitrogens with zero attached hydrogens (tertiary/aromatic N) is 1. The summed E-state index contributed by atoms with van der Waals surface area (Å²) in [6, 6.07) is 6.11. The van der Waals surface area contributed by atoms with Gasteiger partial charge in [0.15, 0.2) is 11.6 Å². The molecule has 13 heteroatoms. The second kappa shape index (κ2) is 8.21. The number of aliphatic imine (C=N–C) groups is 1. The van der Waals surface area contributed by atoms with Crippen LogP contribution in [0, 0.1) is 5.82 Å². The zero-order valence-electron chi connectivity index (χ0n) is 17.9. The van der Waals surface area contributed by atoms with E-state index >= 15 is 4.39 Å². The van der Waals surface area contributed by atoms with E-state index in [1.165, 1.54) is 12.1 Å². The number of ether oxygens (including phenoxy) is 3. The van der Waals surface area contributed by atoms with Gasteiger partial charge in [-0.05, 0) is 47.9 Å². The van der Waals surface area contributed by atoms with Crippen LogP contribution in [0.25, 0.3) is 5.57 Å². The third-order valence-electron chi connectivity index (χ3n) is 5.76. The van der Waals surface area contributed by atoms with E-state index < -0.39 is 32.7 Å². The Morgan fingerprint density at radius 1 is 1.09 bits per heavy atom. The largest absolute Gasteiger partial charge is 0.534 e. The fraction of sp³-hybridized carbons (Fsp3) is 0.318. The lowest BCUT2D eigenvalue weighted by molar-refractivity contribution is -0.0500. The van der Waals surface area contributed by atoms with Gasteiger partial charge in [-0.3, -0.25) is 4.99 Å². The number of halogens is 4. The molecule has 35 heavy (non-hydrogen) atoms. The minimum atomic E-state index is -5.93. The normalized spacial score (nSPS) is 21.9. The monoisotopic (exact) mass is 514 g/mol. The van der Waals surface area contributed by atoms with Crippen LogP contribution in [-0.4, -0.2) is 46.2 Å². The Hall–Kier alpha value is -3.16. The predicted molar refractivity (Wildman–Crippen MR) is 115 cm³/mol. The standard InChI is InChI=1S/C22H18F4N2O6S/c23-17-7-13(12-2-1-5-31-9-12)6-16-20(17)33-18-4-3-14(34-35(29,30)22(24,25)26)8-15(18)21(16)11-32-10-19(27)28-21/h2-4,6-8H,1,5,9-11H2,(H2,27,28)/t21-/m0/s1. The Labute approximate surface area is 197 Å². The third-order valence-corrected chi connectivity index (χ3v) is 6.74. The van der Waals surface area contributed by atoms with Gasteiger partial charge in [-0.1, -0.05) is 6.08 Å². The second-order valence-electron chi connectivity index (χ2n) is 8.10. The summed E-state index contributed by atoms with van der Waals surface area (Å²) in [4.78, 5) is 4.51. The molecule has 2 aromatic rings. The van der Waals surface area contributed by atoms with Crippen LogP contribution >= 0.6 is 0 Å². The first-order valence-electron chi connectivity index (χ1n) is 10.4. The van der Waals surface area contributed by atoms with Gasteiger partial charge in [-0.25, -0.2) is 4.39 Å². The van der Waals surface area contributed by atoms with Crippen LogP contribution in [0.1, 0.15) is 23.1 Å². The van der Waals surface area contributed by atoms with E-state index in [0.717, 1.165) is 17.7 Å². The van der Waals surface area contributed by atoms with Crippen molar-refractivity contribution in [2.24, 2.45) is 10.7 Å². The number of rotatable bonds is 3. The summed E-state index contributed by atoms with van der Waals surface area (Å²) < 4.78 is 98.1. The molecular weight excluding hydrogens is 496 g/mol. The average Bonchev–Trinajstić information content (AvgIpc) is 2.80. The van der Waals surface area contributed by atoms with E-state index in [0.29, 0.717) is 18.6 Å². The van der Waals surface area contributed by atoms with E-state index in [4.69, 9.17) is 19.9 Å². The highest BCUT2D eigenvalue weighted by atomic mass is 32.2. The maximum atomic E-state index is 15.3. The minimum absolute atomic E-state index is 0.0208. The first-order valence-corrected chi connectivity index (χ1v) is 11.8. The van der Waals surface area contributed by atoms with Gasteiger partial charge in [-0.2, -0.15) is 21.6 Å². The van der Waals surface area contributed by atoms with Gasteiger partial charge >= 0.3 is 15.6 Å². The first kappa shape index (κ1) is 23.6. The minimum Gasteiger partial charge on any atom is -0.453 e. The fourth-order valence-electron chi connectivity index (χ4n) is 4.24. The molecule has 8 nitrogen and oxygen atoms in total. The number of benzene rings is 2. The highest BCUT2D eigenvalue weighted by Gasteiger charge is 2.50. The maximum absolute atomic E-state index is 15.3. The van der Waals surface area contributed by atoms with E-state index in [-0.39, 0.29) is 48.3 Å². The smallest absolute Gasteiger partial charge is 0.453 e. The molecule has 0 unspecified atom stereocenters. The average molecular weight is 514 g/mol. The molecular formula is C22H18F4N2O6S. The summed E-state index contributed by atoms with van der Waals surface area (Å²) in [5.74, 6) is -1.41. The number of amidine groups is 1. The molecule has 0 fully saturated rings. The number of nitrogens with two attached hydrogens (primary N) is 1. The molecule has 0 radical (unpaired) electrons. The van der Waals surface area contributed by atoms with E-state index in [1.807, 2.05) is 6.08 Å². The Kier molecular flexibility index (Phi) is 5.53. The molecule has 2 N–H and O–H groups in total. The molecule has 0 bridgehead atoms. The molecule has 186 valence electrons. The molecule has 0 saturated carbocycles. The number of fused-ring (bicyclic) bond motifs is 4. The Morgan fingerprint density at radius 3 is 2.57 bits per heavy atom. The van der Waals surface area contributed by atoms with Crippen molar-refractivity contribution in [3.05, 3.63) is 58.9 Å². The first-order chi connectivity index (χ1) is 16.5. The zero-order valence-corrected chi connectivity index (χ0v) is 18.7. The van der Waals surface area contributed by atoms with Crippen molar-refractivity contribution in [2.75, 3.05) is 26.4 Å². The number of alkyl halides is 3. The van der Waals surface area contributed by atoms with Crippen LogP contribution in [0.15, 0.2) is 41.4 Å². The van der Waals surface area contributed by atoms with Crippen molar-refractivity contribution < 1.29 is 44.4 Å². The summed E-state index contributed by atoms with van der Waals surface area (Å²) in [6.07, 6.45) is 2.55. The summed E-state index contributed by atoms with van der Waals surface area (Å²) in [5, 5.41) is 0. The highest BCUT2D eigenvalue weighted by molar-refractivity contribution is 7.88. The van der Waals surface area contributed by atoms with E-state index in [2.05, 4.69) is 9.18 Å². The molecule has 0 aromatic heterocycles. The van der Waals surface area contributed by atoms with Crippen LogP contribution in [0.5, 0.6) is 17.2 Å². The van der Waals surface area contributed by atoms with Crippen LogP contribution in [-0.2, 0) is 25.1 Å². The molecule has 3 heterocycles. The second-order valence-corrected chi connectivity index (χ2v) is 9.64. The molecule has 0 aliphatic carbocycles. The summed E-state index contributed by atoms with van der Waals surface area (Å²) in [7, 11) is -5.93. The highest BCUT2D eigenvalue weighted by Crippen LogP contribution is 2.52. The molecule has 2 aromatic carbocycles. The van der Waals surface area contributed by atoms with Gasteiger partial charge in [0.2, 0.25) is 0 Å². The topological polar surface area (TPSA) is 109 Å². The third kappa shape index (κ3) is 4.02. The zero-order chi connectivity index (χ0) is 25.0. The molecule has 0 amide bonds. The van der Waals surface area contributed by atoms with Crippen molar-refractivity contribution in [2.45, 2.75) is 17.5 Å². The Balaban J connectivity index is 1.69. The van der Waals surface area contributed by atoms with Crippen molar-refractivity contribution in [1.82, 2.24) is 0 Å². The molecule has 0 saturated heterocycles. The van der Waals surface area contributed by atoms with Crippen molar-refractivity contribution in [3.8, 4) is 17.2 Å². The Morgan fingerprint density at radius 2 is 1.89 bits per heavy atom. The van der Waals surface area contributed by atoms with E-state index in [9.17, 15) is 21.6 Å². The number of hydrogen-bond donors (Lipinski definition) is 1. The van der Waals surface area contributed by atoms with Crippen molar-refractivity contribution >= 4 is 21.5 Å². The van der Waals surface area contributed by atoms with Gasteiger partial charge in [0.25, 0.3) is 0 Å². The van der Waals surface area contributed by atoms with Gasteiger partial charge in [0.05, 0.1) is 19.8 Å². The van der Waals surface area contributed by atoms with Gasteiger partial charge in [-0.15, -0.1) is 0 Å². The van der Waals surface area contributed by atoms with Crippen molar-refractivity contribution in [1.29, 1.82) is 0 Å². The molecule has 3 aliphatic heterocycles.